The molecule has 1 aromatic rings. The number of para-hydroxylation sites is 1. The van der Waals surface area contributed by atoms with Gasteiger partial charge in [-0.3, -0.25) is 0 Å². The Labute approximate surface area is 111 Å². The average Bonchev–Trinajstić information content (AvgIpc) is 2.82. The van der Waals surface area contributed by atoms with E-state index in [2.05, 4.69) is 50.4 Å². The lowest BCUT2D eigenvalue weighted by molar-refractivity contribution is 0.277. The highest BCUT2D eigenvalue weighted by Crippen LogP contribution is 2.37. The Balaban J connectivity index is 2.12. The number of likely N-dealkylation sites (N-methyl/N-ethyl adjacent to an activating group) is 1. The highest BCUT2D eigenvalue weighted by atomic mass is 16.5. The van der Waals surface area contributed by atoms with Gasteiger partial charge in [0.2, 0.25) is 0 Å². The van der Waals surface area contributed by atoms with E-state index in [1.54, 1.807) is 0 Å². The predicted octanol–water partition coefficient (Wildman–Crippen LogP) is 3.58. The molecule has 1 aromatic carbocycles. The second-order valence-corrected chi connectivity index (χ2v) is 5.37. The molecule has 3 atom stereocenters. The van der Waals surface area contributed by atoms with Crippen LogP contribution in [0.1, 0.15) is 45.1 Å². The molecular formula is C16H25NO. The van der Waals surface area contributed by atoms with Crippen LogP contribution in [0.2, 0.25) is 0 Å². The van der Waals surface area contributed by atoms with E-state index in [4.69, 9.17) is 4.74 Å². The Hall–Kier alpha value is -1.02. The summed E-state index contributed by atoms with van der Waals surface area (Å²) in [5, 5.41) is 3.65. The molecular weight excluding hydrogens is 222 g/mol. The van der Waals surface area contributed by atoms with Crippen molar-refractivity contribution in [1.29, 1.82) is 0 Å². The Morgan fingerprint density at radius 3 is 2.83 bits per heavy atom. The van der Waals surface area contributed by atoms with Gasteiger partial charge in [-0.15, -0.1) is 0 Å². The van der Waals surface area contributed by atoms with Crippen LogP contribution in [0.4, 0.5) is 0 Å². The summed E-state index contributed by atoms with van der Waals surface area (Å²) in [5.74, 6) is 2.35. The number of ether oxygens (including phenoxy) is 1. The van der Waals surface area contributed by atoms with Crippen LogP contribution < -0.4 is 10.1 Å². The summed E-state index contributed by atoms with van der Waals surface area (Å²) in [4.78, 5) is 0. The van der Waals surface area contributed by atoms with Crippen LogP contribution in [0.3, 0.4) is 0 Å². The zero-order valence-corrected chi connectivity index (χ0v) is 11.8. The van der Waals surface area contributed by atoms with Crippen molar-refractivity contribution in [2.75, 3.05) is 13.2 Å². The fraction of sp³-hybridized carbons (Fsp3) is 0.625. The summed E-state index contributed by atoms with van der Waals surface area (Å²) in [6, 6.07) is 9.01. The number of rotatable bonds is 6. The molecule has 0 spiro atoms. The first-order chi connectivity index (χ1) is 8.76. The van der Waals surface area contributed by atoms with Crippen LogP contribution in [0.15, 0.2) is 24.3 Å². The van der Waals surface area contributed by atoms with Crippen LogP contribution in [0.5, 0.6) is 5.75 Å². The molecule has 0 aliphatic carbocycles. The first-order valence-corrected chi connectivity index (χ1v) is 7.21. The summed E-state index contributed by atoms with van der Waals surface area (Å²) >= 11 is 0. The number of hydrogen-bond acceptors (Lipinski definition) is 2. The topological polar surface area (TPSA) is 21.3 Å². The molecule has 1 N–H and O–H groups in total. The molecule has 0 amide bonds. The van der Waals surface area contributed by atoms with Gasteiger partial charge in [-0.05, 0) is 24.9 Å². The van der Waals surface area contributed by atoms with Crippen molar-refractivity contribution in [3.05, 3.63) is 29.8 Å². The summed E-state index contributed by atoms with van der Waals surface area (Å²) in [6.07, 6.45) is 2.48. The van der Waals surface area contributed by atoms with Gasteiger partial charge in [-0.1, -0.05) is 45.4 Å². The smallest absolute Gasteiger partial charge is 0.122 e. The fourth-order valence-electron chi connectivity index (χ4n) is 2.77. The van der Waals surface area contributed by atoms with Crippen LogP contribution >= 0.6 is 0 Å². The minimum Gasteiger partial charge on any atom is -0.493 e. The van der Waals surface area contributed by atoms with E-state index in [1.807, 2.05) is 0 Å². The zero-order chi connectivity index (χ0) is 13.0. The van der Waals surface area contributed by atoms with Crippen LogP contribution in [-0.2, 0) is 0 Å². The van der Waals surface area contributed by atoms with Gasteiger partial charge in [-0.2, -0.15) is 0 Å². The minimum atomic E-state index is 0.509. The molecule has 0 saturated heterocycles. The monoisotopic (exact) mass is 247 g/mol. The predicted molar refractivity (Wildman–Crippen MR) is 76.2 cm³/mol. The van der Waals surface area contributed by atoms with E-state index in [-0.39, 0.29) is 0 Å². The van der Waals surface area contributed by atoms with E-state index in [9.17, 15) is 0 Å². The average molecular weight is 247 g/mol. The molecule has 0 fully saturated rings. The van der Waals surface area contributed by atoms with Crippen LogP contribution in [0, 0.1) is 5.92 Å². The third-order valence-electron chi connectivity index (χ3n) is 4.04. The molecule has 1 aliphatic rings. The maximum atomic E-state index is 5.81. The molecule has 1 aliphatic heterocycles. The summed E-state index contributed by atoms with van der Waals surface area (Å²) in [6.45, 7) is 8.65. The van der Waals surface area contributed by atoms with Crippen molar-refractivity contribution in [1.82, 2.24) is 5.32 Å². The largest absolute Gasteiger partial charge is 0.493 e. The Kier molecular flexibility index (Phi) is 4.65. The van der Waals surface area contributed by atoms with E-state index >= 15 is 0 Å². The first kappa shape index (κ1) is 13.4. The van der Waals surface area contributed by atoms with E-state index in [0.717, 1.165) is 24.8 Å². The standard InChI is InChI=1S/C16H25NO/c1-4-12(3)10-15(17-5-2)14-11-18-16-9-7-6-8-13(14)16/h6-9,12,14-15,17H,4-5,10-11H2,1-3H3. The van der Waals surface area contributed by atoms with Crippen molar-refractivity contribution in [3.8, 4) is 5.75 Å². The van der Waals surface area contributed by atoms with Crippen molar-refractivity contribution in [2.24, 2.45) is 5.92 Å². The number of benzene rings is 1. The van der Waals surface area contributed by atoms with Gasteiger partial charge in [0.15, 0.2) is 0 Å². The van der Waals surface area contributed by atoms with E-state index in [1.165, 1.54) is 18.4 Å². The lowest BCUT2D eigenvalue weighted by atomic mass is 9.86. The van der Waals surface area contributed by atoms with Gasteiger partial charge in [-0.25, -0.2) is 0 Å². The van der Waals surface area contributed by atoms with Crippen molar-refractivity contribution >= 4 is 0 Å². The van der Waals surface area contributed by atoms with Gasteiger partial charge in [0, 0.05) is 17.5 Å². The van der Waals surface area contributed by atoms with E-state index < -0.39 is 0 Å². The molecule has 0 radical (unpaired) electrons. The quantitative estimate of drug-likeness (QED) is 0.829. The van der Waals surface area contributed by atoms with Gasteiger partial charge in [0.25, 0.3) is 0 Å². The molecule has 18 heavy (non-hydrogen) atoms. The lowest BCUT2D eigenvalue weighted by Gasteiger charge is -2.26. The Morgan fingerprint density at radius 2 is 2.11 bits per heavy atom. The highest BCUT2D eigenvalue weighted by Gasteiger charge is 2.31. The van der Waals surface area contributed by atoms with Crippen LogP contribution in [-0.4, -0.2) is 19.2 Å². The number of nitrogens with one attached hydrogen (secondary N) is 1. The van der Waals surface area contributed by atoms with Crippen molar-refractivity contribution in [2.45, 2.75) is 45.6 Å². The number of fused-ring (bicyclic) bond motifs is 1. The molecule has 1 heterocycles. The second kappa shape index (κ2) is 6.24. The van der Waals surface area contributed by atoms with Gasteiger partial charge >= 0.3 is 0 Å². The molecule has 2 nitrogen and oxygen atoms in total. The van der Waals surface area contributed by atoms with Gasteiger partial charge < -0.3 is 10.1 Å². The maximum Gasteiger partial charge on any atom is 0.122 e. The van der Waals surface area contributed by atoms with E-state index in [0.29, 0.717) is 12.0 Å². The summed E-state index contributed by atoms with van der Waals surface area (Å²) in [5.41, 5.74) is 1.38. The second-order valence-electron chi connectivity index (χ2n) is 5.37. The molecule has 0 saturated carbocycles. The molecule has 3 unspecified atom stereocenters. The van der Waals surface area contributed by atoms with Gasteiger partial charge in [0.1, 0.15) is 5.75 Å². The first-order valence-electron chi connectivity index (χ1n) is 7.21. The van der Waals surface area contributed by atoms with Gasteiger partial charge in [0.05, 0.1) is 6.61 Å². The summed E-state index contributed by atoms with van der Waals surface area (Å²) in [7, 11) is 0. The minimum absolute atomic E-state index is 0.509. The fourth-order valence-corrected chi connectivity index (χ4v) is 2.77. The molecule has 100 valence electrons. The number of hydrogen-bond donors (Lipinski definition) is 1. The molecule has 0 aromatic heterocycles. The zero-order valence-electron chi connectivity index (χ0n) is 11.8. The van der Waals surface area contributed by atoms with Crippen molar-refractivity contribution < 1.29 is 4.74 Å². The molecule has 0 bridgehead atoms. The molecule has 2 heteroatoms. The van der Waals surface area contributed by atoms with Crippen LogP contribution in [0.25, 0.3) is 0 Å². The van der Waals surface area contributed by atoms with Crippen molar-refractivity contribution in [3.63, 3.8) is 0 Å². The highest BCUT2D eigenvalue weighted by molar-refractivity contribution is 5.40. The third-order valence-corrected chi connectivity index (χ3v) is 4.04. The molecule has 2 rings (SSSR count). The Morgan fingerprint density at radius 1 is 1.33 bits per heavy atom. The normalized spacial score (nSPS) is 21.2. The maximum absolute atomic E-state index is 5.81. The lowest BCUT2D eigenvalue weighted by Crippen LogP contribution is -2.37. The SMILES string of the molecule is CCNC(CC(C)CC)C1COc2ccccc21. The summed E-state index contributed by atoms with van der Waals surface area (Å²) < 4.78 is 5.81. The third kappa shape index (κ3) is 2.86. The Bertz CT molecular complexity index is 377.